The maximum atomic E-state index is 4.85. The van der Waals surface area contributed by atoms with Gasteiger partial charge < -0.3 is 9.13 Å². The summed E-state index contributed by atoms with van der Waals surface area (Å²) in [7, 11) is 0. The molecule has 12 aromatic rings. The first kappa shape index (κ1) is 35.6. The number of hydrogen-bond donors (Lipinski definition) is 0. The van der Waals surface area contributed by atoms with Crippen molar-refractivity contribution in [3.63, 3.8) is 0 Å². The molecule has 8 aromatic carbocycles. The van der Waals surface area contributed by atoms with Crippen molar-refractivity contribution in [2.75, 3.05) is 0 Å². The molecule has 4 heterocycles. The SMILES string of the molecule is c1ccc(-c2cccc(-c3cccc(-c4ccc5c(c4)c4c(-c6cccc(-c7cncc8c9ncccc9n(-c9ccccc9)c78)c6)cccc4n5-c4ccccc4)c3)c2)cc1. The van der Waals surface area contributed by atoms with Crippen LogP contribution in [0.1, 0.15) is 0 Å². The molecule has 12 rings (SSSR count). The molecule has 0 aliphatic carbocycles. The second-order valence-electron chi connectivity index (χ2n) is 15.8. The fourth-order valence-electron chi connectivity index (χ4n) is 9.42. The highest BCUT2D eigenvalue weighted by molar-refractivity contribution is 6.17. The predicted octanol–water partition coefficient (Wildman–Crippen LogP) is 15.0. The molecule has 0 atom stereocenters. The van der Waals surface area contributed by atoms with Crippen LogP contribution in [0, 0.1) is 0 Å². The van der Waals surface area contributed by atoms with Gasteiger partial charge in [0.2, 0.25) is 0 Å². The quantitative estimate of drug-likeness (QED) is 0.161. The second-order valence-corrected chi connectivity index (χ2v) is 15.8. The maximum absolute atomic E-state index is 4.85. The lowest BCUT2D eigenvalue weighted by atomic mass is 9.94. The Morgan fingerprint density at radius 2 is 0.855 bits per heavy atom. The fraction of sp³-hybridized carbons (Fsp3) is 0. The summed E-state index contributed by atoms with van der Waals surface area (Å²) in [6.45, 7) is 0. The van der Waals surface area contributed by atoms with Crippen molar-refractivity contribution in [3.8, 4) is 67.0 Å². The summed E-state index contributed by atoms with van der Waals surface area (Å²) in [4.78, 5) is 9.65. The van der Waals surface area contributed by atoms with Crippen molar-refractivity contribution >= 4 is 43.7 Å². The van der Waals surface area contributed by atoms with Gasteiger partial charge in [0.25, 0.3) is 0 Å². The molecule has 4 aromatic heterocycles. The summed E-state index contributed by atoms with van der Waals surface area (Å²) < 4.78 is 4.73. The summed E-state index contributed by atoms with van der Waals surface area (Å²) in [5, 5.41) is 3.45. The van der Waals surface area contributed by atoms with E-state index in [9.17, 15) is 0 Å². The Kier molecular flexibility index (Phi) is 8.46. The Labute approximate surface area is 359 Å². The minimum absolute atomic E-state index is 0.942. The van der Waals surface area contributed by atoms with Crippen molar-refractivity contribution in [2.24, 2.45) is 0 Å². The van der Waals surface area contributed by atoms with Crippen LogP contribution in [0.25, 0.3) is 111 Å². The molecule has 0 fully saturated rings. The van der Waals surface area contributed by atoms with Gasteiger partial charge in [-0.05, 0) is 123 Å². The van der Waals surface area contributed by atoms with Crippen LogP contribution < -0.4 is 0 Å². The number of para-hydroxylation sites is 2. The summed E-state index contributed by atoms with van der Waals surface area (Å²) in [5.41, 5.74) is 19.3. The van der Waals surface area contributed by atoms with Gasteiger partial charge >= 0.3 is 0 Å². The molecule has 290 valence electrons. The van der Waals surface area contributed by atoms with E-state index < -0.39 is 0 Å². The Morgan fingerprint density at radius 3 is 1.55 bits per heavy atom. The predicted molar refractivity (Wildman–Crippen MR) is 258 cm³/mol. The van der Waals surface area contributed by atoms with Gasteiger partial charge in [0.05, 0.1) is 27.6 Å². The molecule has 4 nitrogen and oxygen atoms in total. The van der Waals surface area contributed by atoms with Crippen molar-refractivity contribution in [1.82, 2.24) is 19.1 Å². The van der Waals surface area contributed by atoms with E-state index in [1.54, 1.807) is 0 Å². The fourth-order valence-corrected chi connectivity index (χ4v) is 9.42. The molecule has 0 aliphatic heterocycles. The van der Waals surface area contributed by atoms with E-state index in [0.29, 0.717) is 0 Å². The van der Waals surface area contributed by atoms with Gasteiger partial charge in [-0.15, -0.1) is 0 Å². The normalized spacial score (nSPS) is 11.5. The third-order valence-electron chi connectivity index (χ3n) is 12.2. The molecule has 0 unspecified atom stereocenters. The van der Waals surface area contributed by atoms with E-state index >= 15 is 0 Å². The summed E-state index contributed by atoms with van der Waals surface area (Å²) in [5.74, 6) is 0. The van der Waals surface area contributed by atoms with Crippen LogP contribution in [0.5, 0.6) is 0 Å². The van der Waals surface area contributed by atoms with Crippen LogP contribution in [-0.4, -0.2) is 19.1 Å². The molecule has 4 heteroatoms. The van der Waals surface area contributed by atoms with E-state index in [2.05, 4.69) is 215 Å². The van der Waals surface area contributed by atoms with E-state index in [1.807, 2.05) is 24.7 Å². The molecule has 0 radical (unpaired) electrons. The molecular weight excluding hydrogens is 753 g/mol. The van der Waals surface area contributed by atoms with E-state index in [0.717, 1.165) is 55.5 Å². The summed E-state index contributed by atoms with van der Waals surface area (Å²) in [6, 6.07) is 76.4. The number of nitrogens with zero attached hydrogens (tertiary/aromatic N) is 4. The van der Waals surface area contributed by atoms with Crippen LogP contribution in [0.3, 0.4) is 0 Å². The number of pyridine rings is 2. The zero-order valence-corrected chi connectivity index (χ0v) is 33.7. The molecular formula is C58H38N4. The first-order chi connectivity index (χ1) is 30.8. The van der Waals surface area contributed by atoms with E-state index in [4.69, 9.17) is 9.97 Å². The van der Waals surface area contributed by atoms with Gasteiger partial charge in [0.1, 0.15) is 0 Å². The lowest BCUT2D eigenvalue weighted by molar-refractivity contribution is 1.17. The molecule has 0 aliphatic rings. The van der Waals surface area contributed by atoms with Crippen LogP contribution in [0.2, 0.25) is 0 Å². The van der Waals surface area contributed by atoms with E-state index in [1.165, 1.54) is 55.2 Å². The second kappa shape index (κ2) is 14.7. The third-order valence-corrected chi connectivity index (χ3v) is 12.2. The monoisotopic (exact) mass is 790 g/mol. The largest absolute Gasteiger partial charge is 0.309 e. The first-order valence-corrected chi connectivity index (χ1v) is 21.1. The van der Waals surface area contributed by atoms with Crippen molar-refractivity contribution in [3.05, 3.63) is 231 Å². The minimum Gasteiger partial charge on any atom is -0.309 e. The molecule has 0 saturated carbocycles. The highest BCUT2D eigenvalue weighted by atomic mass is 15.0. The third kappa shape index (κ3) is 5.92. The van der Waals surface area contributed by atoms with Crippen LogP contribution in [0.4, 0.5) is 0 Å². The van der Waals surface area contributed by atoms with Gasteiger partial charge in [-0.1, -0.05) is 140 Å². The highest BCUT2D eigenvalue weighted by Crippen LogP contribution is 2.43. The van der Waals surface area contributed by atoms with Crippen molar-refractivity contribution in [2.45, 2.75) is 0 Å². The number of aromatic nitrogens is 4. The Bertz CT molecular complexity index is 3620. The van der Waals surface area contributed by atoms with Crippen LogP contribution in [0.15, 0.2) is 231 Å². The lowest BCUT2D eigenvalue weighted by Gasteiger charge is -2.13. The van der Waals surface area contributed by atoms with Gasteiger partial charge in [0.15, 0.2) is 0 Å². The zero-order chi connectivity index (χ0) is 41.0. The first-order valence-electron chi connectivity index (χ1n) is 21.1. The zero-order valence-electron chi connectivity index (χ0n) is 33.7. The molecule has 0 saturated heterocycles. The smallest absolute Gasteiger partial charge is 0.0979 e. The molecule has 0 bridgehead atoms. The van der Waals surface area contributed by atoms with Gasteiger partial charge in [-0.3, -0.25) is 9.97 Å². The topological polar surface area (TPSA) is 35.6 Å². The average molecular weight is 791 g/mol. The highest BCUT2D eigenvalue weighted by Gasteiger charge is 2.20. The molecule has 62 heavy (non-hydrogen) atoms. The Balaban J connectivity index is 1.04. The number of fused-ring (bicyclic) bond motifs is 6. The van der Waals surface area contributed by atoms with Gasteiger partial charge in [0, 0.05) is 51.7 Å². The Hall–Kier alpha value is -8.34. The summed E-state index contributed by atoms with van der Waals surface area (Å²) >= 11 is 0. The van der Waals surface area contributed by atoms with Gasteiger partial charge in [-0.2, -0.15) is 0 Å². The van der Waals surface area contributed by atoms with Crippen LogP contribution in [-0.2, 0) is 0 Å². The van der Waals surface area contributed by atoms with Crippen molar-refractivity contribution in [1.29, 1.82) is 0 Å². The minimum atomic E-state index is 0.942. The number of benzene rings is 8. The average Bonchev–Trinajstić information content (AvgIpc) is 3.88. The molecule has 0 amide bonds. The van der Waals surface area contributed by atoms with Crippen molar-refractivity contribution < 1.29 is 0 Å². The number of rotatable bonds is 7. The van der Waals surface area contributed by atoms with E-state index in [-0.39, 0.29) is 0 Å². The lowest BCUT2D eigenvalue weighted by Crippen LogP contribution is -1.96. The molecule has 0 spiro atoms. The standard InChI is InChI=1S/C58H38N4/c1-4-15-39(16-5-1)40-17-10-18-41(33-40)42-19-11-20-43(34-42)44-30-31-53-50(36-44)56-49(27-13-28-54(56)61(53)47-23-6-2-7-24-47)45-21-12-22-46(35-45)51-37-59-38-52-57-55(29-14-32-60-57)62(58(51)52)48-25-8-3-9-26-48/h1-38H. The maximum Gasteiger partial charge on any atom is 0.0979 e. The molecule has 0 N–H and O–H groups in total. The summed E-state index contributed by atoms with van der Waals surface area (Å²) in [6.07, 6.45) is 5.82. The Morgan fingerprint density at radius 1 is 0.323 bits per heavy atom. The number of hydrogen-bond acceptors (Lipinski definition) is 2. The van der Waals surface area contributed by atoms with Crippen LogP contribution >= 0.6 is 0 Å². The van der Waals surface area contributed by atoms with Gasteiger partial charge in [-0.25, -0.2) is 0 Å².